The van der Waals surface area contributed by atoms with Gasteiger partial charge in [-0.05, 0) is 24.1 Å². The summed E-state index contributed by atoms with van der Waals surface area (Å²) in [6, 6.07) is 19.6. The maximum atomic E-state index is 6.16. The van der Waals surface area contributed by atoms with E-state index in [4.69, 9.17) is 11.6 Å². The van der Waals surface area contributed by atoms with Gasteiger partial charge in [0.15, 0.2) is 0 Å². The van der Waals surface area contributed by atoms with E-state index >= 15 is 0 Å². The van der Waals surface area contributed by atoms with E-state index in [1.165, 1.54) is 5.56 Å². The molecule has 0 N–H and O–H groups in total. The largest absolute Gasteiger partial charge is 0.287 e. The van der Waals surface area contributed by atoms with Crippen LogP contribution in [0.1, 0.15) is 24.1 Å². The molecule has 0 bridgehead atoms. The molecule has 0 aromatic heterocycles. The third-order valence-corrected chi connectivity index (χ3v) is 4.22. The molecule has 3 atom stereocenters. The number of nitrogens with zero attached hydrogens (tertiary/aromatic N) is 1. The Morgan fingerprint density at radius 1 is 1.10 bits per heavy atom. The van der Waals surface area contributed by atoms with Crippen molar-refractivity contribution in [2.24, 2.45) is 0 Å². The molecule has 1 aliphatic rings. The molecule has 3 rings (SSSR count). The molecule has 1 unspecified atom stereocenters. The van der Waals surface area contributed by atoms with E-state index in [0.717, 1.165) is 17.1 Å². The molecule has 0 aliphatic carbocycles. The zero-order valence-electron chi connectivity index (χ0n) is 11.5. The van der Waals surface area contributed by atoms with Gasteiger partial charge in [-0.15, -0.1) is 0 Å². The highest BCUT2D eigenvalue weighted by Gasteiger charge is 2.35. The Labute approximate surface area is 125 Å². The molecular weight excluding hydrogens is 266 g/mol. The van der Waals surface area contributed by atoms with Crippen molar-refractivity contribution >= 4 is 17.7 Å². The highest BCUT2D eigenvalue weighted by Crippen LogP contribution is 2.32. The number of rotatable bonds is 4. The lowest BCUT2D eigenvalue weighted by molar-refractivity contribution is 0.424. The first-order valence-corrected chi connectivity index (χ1v) is 7.37. The summed E-state index contributed by atoms with van der Waals surface area (Å²) in [6.45, 7) is 3.38. The molecule has 2 aromatic rings. The Kier molecular flexibility index (Phi) is 3.90. The van der Waals surface area contributed by atoms with Gasteiger partial charge in [0, 0.05) is 23.7 Å². The Morgan fingerprint density at radius 3 is 2.55 bits per heavy atom. The monoisotopic (exact) mass is 283 g/mol. The lowest BCUT2D eigenvalue weighted by Crippen LogP contribution is -2.07. The van der Waals surface area contributed by atoms with Crippen LogP contribution in [0.25, 0.3) is 6.08 Å². The van der Waals surface area contributed by atoms with E-state index in [-0.39, 0.29) is 0 Å². The second-order valence-corrected chi connectivity index (χ2v) is 5.64. The van der Waals surface area contributed by atoms with Gasteiger partial charge in [-0.1, -0.05) is 72.3 Å². The highest BCUT2D eigenvalue weighted by molar-refractivity contribution is 6.32. The molecule has 1 nitrogen and oxygen atoms in total. The fourth-order valence-corrected chi connectivity index (χ4v) is 2.73. The molecule has 1 heterocycles. The molecule has 0 amide bonds. The van der Waals surface area contributed by atoms with Crippen molar-refractivity contribution in [2.75, 3.05) is 6.54 Å². The maximum absolute atomic E-state index is 6.16. The van der Waals surface area contributed by atoms with Crippen LogP contribution in [0.5, 0.6) is 0 Å². The maximum Gasteiger partial charge on any atom is 0.0478 e. The first kappa shape index (κ1) is 13.4. The van der Waals surface area contributed by atoms with Gasteiger partial charge >= 0.3 is 0 Å². The zero-order valence-corrected chi connectivity index (χ0v) is 12.3. The van der Waals surface area contributed by atoms with Gasteiger partial charge in [0.2, 0.25) is 0 Å². The molecule has 2 heteroatoms. The third-order valence-electron chi connectivity index (χ3n) is 3.87. The second kappa shape index (κ2) is 5.82. The van der Waals surface area contributed by atoms with Crippen LogP contribution < -0.4 is 0 Å². The zero-order chi connectivity index (χ0) is 13.9. The SMILES string of the molecule is C[C@H](c1ccccc1)N1C[C@@H]1/C=C/c1ccccc1Cl. The normalized spacial score (nSPS) is 22.9. The van der Waals surface area contributed by atoms with Crippen LogP contribution in [0.4, 0.5) is 0 Å². The number of benzene rings is 2. The molecule has 20 heavy (non-hydrogen) atoms. The third kappa shape index (κ3) is 2.95. The molecule has 1 saturated heterocycles. The van der Waals surface area contributed by atoms with Gasteiger partial charge in [-0.3, -0.25) is 4.90 Å². The summed E-state index contributed by atoms with van der Waals surface area (Å²) >= 11 is 6.16. The minimum Gasteiger partial charge on any atom is -0.287 e. The number of halogens is 1. The van der Waals surface area contributed by atoms with Crippen molar-refractivity contribution in [3.05, 3.63) is 76.8 Å². The van der Waals surface area contributed by atoms with Crippen LogP contribution in [-0.2, 0) is 0 Å². The molecule has 102 valence electrons. The summed E-state index contributed by atoms with van der Waals surface area (Å²) in [5.74, 6) is 0. The van der Waals surface area contributed by atoms with Crippen LogP contribution in [0.3, 0.4) is 0 Å². The molecule has 0 radical (unpaired) electrons. The van der Waals surface area contributed by atoms with Gasteiger partial charge in [0.05, 0.1) is 0 Å². The van der Waals surface area contributed by atoms with Gasteiger partial charge in [0.25, 0.3) is 0 Å². The number of hydrogen-bond donors (Lipinski definition) is 0. The summed E-state index contributed by atoms with van der Waals surface area (Å²) < 4.78 is 0. The van der Waals surface area contributed by atoms with Crippen LogP contribution >= 0.6 is 11.6 Å². The Morgan fingerprint density at radius 2 is 1.80 bits per heavy atom. The van der Waals surface area contributed by atoms with E-state index in [1.54, 1.807) is 0 Å². The highest BCUT2D eigenvalue weighted by atomic mass is 35.5. The minimum atomic E-state index is 0.470. The van der Waals surface area contributed by atoms with Gasteiger partial charge in [-0.2, -0.15) is 0 Å². The quantitative estimate of drug-likeness (QED) is 0.729. The molecular formula is C18H18ClN. The van der Waals surface area contributed by atoms with E-state index in [1.807, 2.05) is 24.3 Å². The van der Waals surface area contributed by atoms with Crippen molar-refractivity contribution in [2.45, 2.75) is 19.0 Å². The Hall–Kier alpha value is -1.57. The topological polar surface area (TPSA) is 3.01 Å². The second-order valence-electron chi connectivity index (χ2n) is 5.23. The standard InChI is InChI=1S/C18H18ClN/c1-14(15-7-3-2-4-8-15)20-13-17(20)12-11-16-9-5-6-10-18(16)19/h2-12,14,17H,13H2,1H3/b12-11+/t14-,17+,20?/m1/s1. The van der Waals surface area contributed by atoms with Crippen LogP contribution in [0, 0.1) is 0 Å². The molecule has 2 aromatic carbocycles. The van der Waals surface area contributed by atoms with E-state index < -0.39 is 0 Å². The van der Waals surface area contributed by atoms with Gasteiger partial charge in [0.1, 0.15) is 0 Å². The summed E-state index contributed by atoms with van der Waals surface area (Å²) in [5, 5.41) is 0.812. The van der Waals surface area contributed by atoms with Crippen LogP contribution in [-0.4, -0.2) is 17.5 Å². The molecule has 0 spiro atoms. The van der Waals surface area contributed by atoms with Crippen molar-refractivity contribution in [3.8, 4) is 0 Å². The molecule has 1 fully saturated rings. The minimum absolute atomic E-state index is 0.470. The van der Waals surface area contributed by atoms with Gasteiger partial charge < -0.3 is 0 Å². The van der Waals surface area contributed by atoms with Crippen molar-refractivity contribution in [3.63, 3.8) is 0 Å². The fourth-order valence-electron chi connectivity index (χ4n) is 2.53. The van der Waals surface area contributed by atoms with E-state index in [2.05, 4.69) is 54.3 Å². The molecule has 1 aliphatic heterocycles. The number of hydrogen-bond acceptors (Lipinski definition) is 1. The average molecular weight is 284 g/mol. The first-order chi connectivity index (χ1) is 9.75. The van der Waals surface area contributed by atoms with Crippen molar-refractivity contribution in [1.82, 2.24) is 4.90 Å². The summed E-state index contributed by atoms with van der Waals surface area (Å²) in [5.41, 5.74) is 2.47. The fraction of sp³-hybridized carbons (Fsp3) is 0.222. The Bertz CT molecular complexity index is 606. The summed E-state index contributed by atoms with van der Waals surface area (Å²) in [6.07, 6.45) is 4.38. The van der Waals surface area contributed by atoms with Crippen molar-refractivity contribution < 1.29 is 0 Å². The van der Waals surface area contributed by atoms with Crippen molar-refractivity contribution in [1.29, 1.82) is 0 Å². The predicted octanol–water partition coefficient (Wildman–Crippen LogP) is 4.80. The van der Waals surface area contributed by atoms with E-state index in [9.17, 15) is 0 Å². The first-order valence-electron chi connectivity index (χ1n) is 6.99. The van der Waals surface area contributed by atoms with Gasteiger partial charge in [-0.25, -0.2) is 0 Å². The van der Waals surface area contributed by atoms with Crippen LogP contribution in [0.15, 0.2) is 60.7 Å². The van der Waals surface area contributed by atoms with Crippen LogP contribution in [0.2, 0.25) is 5.02 Å². The summed E-state index contributed by atoms with van der Waals surface area (Å²) in [4.78, 5) is 2.47. The smallest absolute Gasteiger partial charge is 0.0478 e. The lowest BCUT2D eigenvalue weighted by atomic mass is 10.1. The van der Waals surface area contributed by atoms with E-state index in [0.29, 0.717) is 12.1 Å². The lowest BCUT2D eigenvalue weighted by Gasteiger charge is -2.13. The summed E-state index contributed by atoms with van der Waals surface area (Å²) in [7, 11) is 0. The average Bonchev–Trinajstić information content (AvgIpc) is 3.26. The predicted molar refractivity (Wildman–Crippen MR) is 85.8 cm³/mol. The Balaban J connectivity index is 1.64. The molecule has 0 saturated carbocycles.